The third-order valence-corrected chi connectivity index (χ3v) is 4.59. The Morgan fingerprint density at radius 2 is 2.39 bits per heavy atom. The summed E-state index contributed by atoms with van der Waals surface area (Å²) in [6.45, 7) is 3.75. The van der Waals surface area contributed by atoms with Crippen LogP contribution < -0.4 is 5.32 Å². The van der Waals surface area contributed by atoms with E-state index < -0.39 is 0 Å². The predicted octanol–water partition coefficient (Wildman–Crippen LogP) is 1.91. The minimum Gasteiger partial charge on any atom is -0.378 e. The summed E-state index contributed by atoms with van der Waals surface area (Å²) in [5.41, 5.74) is 1.45. The normalized spacial score (nSPS) is 28.7. The van der Waals surface area contributed by atoms with E-state index in [0.29, 0.717) is 17.6 Å². The molecule has 1 aromatic rings. The second-order valence-corrected chi connectivity index (χ2v) is 5.41. The molecular weight excluding hydrogens is 226 g/mol. The first kappa shape index (κ1) is 12.1. The summed E-state index contributed by atoms with van der Waals surface area (Å²) < 4.78 is 5.85. The van der Waals surface area contributed by atoms with Gasteiger partial charge in [0, 0.05) is 30.8 Å². The van der Waals surface area contributed by atoms with Gasteiger partial charge >= 0.3 is 0 Å². The van der Waals surface area contributed by atoms with Crippen molar-refractivity contribution in [1.29, 1.82) is 0 Å². The highest BCUT2D eigenvalue weighted by Gasteiger charge is 2.58. The Balaban J connectivity index is 1.55. The van der Waals surface area contributed by atoms with Gasteiger partial charge in [-0.25, -0.2) is 0 Å². The Labute approximate surface area is 108 Å². The third-order valence-electron chi connectivity index (χ3n) is 4.59. The zero-order chi connectivity index (χ0) is 12.4. The van der Waals surface area contributed by atoms with Gasteiger partial charge in [-0.05, 0) is 38.3 Å². The number of aromatic nitrogens is 2. The molecule has 0 radical (unpaired) electrons. The van der Waals surface area contributed by atoms with Crippen LogP contribution in [-0.4, -0.2) is 29.0 Å². The quantitative estimate of drug-likeness (QED) is 0.863. The maximum absolute atomic E-state index is 5.85. The molecule has 1 heterocycles. The molecule has 1 aromatic heterocycles. The van der Waals surface area contributed by atoms with Crippen molar-refractivity contribution < 1.29 is 4.74 Å². The van der Waals surface area contributed by atoms with Gasteiger partial charge in [-0.1, -0.05) is 6.42 Å². The van der Waals surface area contributed by atoms with Gasteiger partial charge in [-0.15, -0.1) is 0 Å². The topological polar surface area (TPSA) is 47.0 Å². The van der Waals surface area contributed by atoms with Crippen LogP contribution in [0.4, 0.5) is 0 Å². The van der Waals surface area contributed by atoms with Crippen molar-refractivity contribution in [2.45, 2.75) is 51.3 Å². The molecule has 2 saturated carbocycles. The van der Waals surface area contributed by atoms with Gasteiger partial charge in [0.05, 0.1) is 11.8 Å². The van der Waals surface area contributed by atoms with E-state index >= 15 is 0 Å². The van der Waals surface area contributed by atoms with Crippen LogP contribution in [0.15, 0.2) is 18.3 Å². The van der Waals surface area contributed by atoms with Crippen molar-refractivity contribution in [3.05, 3.63) is 24.0 Å². The fraction of sp³-hybridized carbons (Fsp3) is 0.714. The van der Waals surface area contributed by atoms with Crippen LogP contribution in [-0.2, 0) is 11.3 Å². The summed E-state index contributed by atoms with van der Waals surface area (Å²) in [5, 5.41) is 11.7. The monoisotopic (exact) mass is 247 g/mol. The first-order valence-electron chi connectivity index (χ1n) is 6.97. The average molecular weight is 247 g/mol. The molecule has 0 bridgehead atoms. The number of hydrogen-bond acceptors (Lipinski definition) is 4. The summed E-state index contributed by atoms with van der Waals surface area (Å²) in [6.07, 6.45) is 7.33. The molecule has 4 heteroatoms. The Kier molecular flexibility index (Phi) is 3.31. The molecule has 0 amide bonds. The smallest absolute Gasteiger partial charge is 0.0769 e. The molecule has 0 aliphatic heterocycles. The Morgan fingerprint density at radius 1 is 1.50 bits per heavy atom. The molecular formula is C14H21N3O. The summed E-state index contributed by atoms with van der Waals surface area (Å²) >= 11 is 0. The van der Waals surface area contributed by atoms with Gasteiger partial charge < -0.3 is 10.1 Å². The Hall–Kier alpha value is -1.00. The maximum Gasteiger partial charge on any atom is 0.0769 e. The molecule has 2 unspecified atom stereocenters. The van der Waals surface area contributed by atoms with E-state index in [1.54, 1.807) is 6.20 Å². The predicted molar refractivity (Wildman–Crippen MR) is 69.0 cm³/mol. The molecule has 2 atom stereocenters. The van der Waals surface area contributed by atoms with Gasteiger partial charge in [0.25, 0.3) is 0 Å². The van der Waals surface area contributed by atoms with Crippen LogP contribution >= 0.6 is 0 Å². The highest BCUT2D eigenvalue weighted by atomic mass is 16.5. The van der Waals surface area contributed by atoms with Crippen molar-refractivity contribution in [3.8, 4) is 0 Å². The fourth-order valence-corrected chi connectivity index (χ4v) is 3.38. The van der Waals surface area contributed by atoms with Gasteiger partial charge in [0.2, 0.25) is 0 Å². The molecule has 18 heavy (non-hydrogen) atoms. The molecule has 0 aromatic carbocycles. The molecule has 1 N–H and O–H groups in total. The molecule has 3 rings (SSSR count). The van der Waals surface area contributed by atoms with Gasteiger partial charge in [-0.3, -0.25) is 0 Å². The van der Waals surface area contributed by atoms with Crippen molar-refractivity contribution in [2.75, 3.05) is 6.61 Å². The summed E-state index contributed by atoms with van der Waals surface area (Å²) in [4.78, 5) is 0. The van der Waals surface area contributed by atoms with E-state index in [-0.39, 0.29) is 0 Å². The van der Waals surface area contributed by atoms with E-state index in [1.165, 1.54) is 19.3 Å². The highest BCUT2D eigenvalue weighted by molar-refractivity contribution is 5.12. The Bertz CT molecular complexity index is 391. The first-order valence-corrected chi connectivity index (χ1v) is 6.97. The van der Waals surface area contributed by atoms with Crippen molar-refractivity contribution >= 4 is 0 Å². The van der Waals surface area contributed by atoms with Crippen molar-refractivity contribution in [1.82, 2.24) is 15.5 Å². The van der Waals surface area contributed by atoms with Crippen LogP contribution in [0.25, 0.3) is 0 Å². The van der Waals surface area contributed by atoms with E-state index in [1.807, 2.05) is 12.1 Å². The molecule has 4 nitrogen and oxygen atoms in total. The van der Waals surface area contributed by atoms with Crippen molar-refractivity contribution in [2.24, 2.45) is 5.41 Å². The van der Waals surface area contributed by atoms with Gasteiger partial charge in [0.1, 0.15) is 0 Å². The average Bonchev–Trinajstić information content (AvgIpc) is 2.32. The van der Waals surface area contributed by atoms with Gasteiger partial charge in [-0.2, -0.15) is 10.2 Å². The zero-order valence-corrected chi connectivity index (χ0v) is 10.9. The third kappa shape index (κ3) is 1.93. The summed E-state index contributed by atoms with van der Waals surface area (Å²) in [6, 6.07) is 4.56. The maximum atomic E-state index is 5.85. The summed E-state index contributed by atoms with van der Waals surface area (Å²) in [7, 11) is 0. The van der Waals surface area contributed by atoms with Crippen LogP contribution in [0.5, 0.6) is 0 Å². The lowest BCUT2D eigenvalue weighted by Crippen LogP contribution is -2.66. The zero-order valence-electron chi connectivity index (χ0n) is 10.9. The van der Waals surface area contributed by atoms with E-state index in [4.69, 9.17) is 4.74 Å². The van der Waals surface area contributed by atoms with E-state index in [0.717, 1.165) is 25.3 Å². The van der Waals surface area contributed by atoms with Crippen molar-refractivity contribution in [3.63, 3.8) is 0 Å². The SMILES string of the molecule is CCOC1CC(NCc2cccnn2)C12CCC2. The van der Waals surface area contributed by atoms with Crippen LogP contribution in [0.3, 0.4) is 0 Å². The van der Waals surface area contributed by atoms with Crippen LogP contribution in [0, 0.1) is 5.41 Å². The second kappa shape index (κ2) is 4.94. The lowest BCUT2D eigenvalue weighted by Gasteiger charge is -2.61. The largest absolute Gasteiger partial charge is 0.378 e. The van der Waals surface area contributed by atoms with Crippen LogP contribution in [0.2, 0.25) is 0 Å². The number of hydrogen-bond donors (Lipinski definition) is 1. The molecule has 98 valence electrons. The molecule has 0 saturated heterocycles. The highest BCUT2D eigenvalue weighted by Crippen LogP contribution is 2.57. The Morgan fingerprint density at radius 3 is 3.00 bits per heavy atom. The first-order chi connectivity index (χ1) is 8.85. The van der Waals surface area contributed by atoms with E-state index in [9.17, 15) is 0 Å². The minimum atomic E-state index is 0.429. The van der Waals surface area contributed by atoms with Crippen LogP contribution in [0.1, 0.15) is 38.3 Å². The standard InChI is InChI=1S/C14H21N3O/c1-2-18-13-9-12(14(13)6-4-7-14)15-10-11-5-3-8-16-17-11/h3,5,8,12-13,15H,2,4,6-7,9-10H2,1H3. The van der Waals surface area contributed by atoms with E-state index in [2.05, 4.69) is 22.4 Å². The molecule has 2 fully saturated rings. The lowest BCUT2D eigenvalue weighted by molar-refractivity contribution is -0.173. The second-order valence-electron chi connectivity index (χ2n) is 5.41. The number of ether oxygens (including phenoxy) is 1. The lowest BCUT2D eigenvalue weighted by atomic mass is 9.51. The number of nitrogens with one attached hydrogen (secondary N) is 1. The molecule has 2 aliphatic carbocycles. The molecule has 1 spiro atoms. The number of rotatable bonds is 5. The molecule has 2 aliphatic rings. The minimum absolute atomic E-state index is 0.429. The fourth-order valence-electron chi connectivity index (χ4n) is 3.38. The number of nitrogens with zero attached hydrogens (tertiary/aromatic N) is 2. The van der Waals surface area contributed by atoms with Gasteiger partial charge in [0.15, 0.2) is 0 Å². The summed E-state index contributed by atoms with van der Waals surface area (Å²) in [5.74, 6) is 0.